The SMILES string of the molecule is CCOc1cc(/C=C2\NC(=O)NC2=O)ccc1O[C@H](C)C(=O)[O-]. The number of hydrogen-bond acceptors (Lipinski definition) is 6. The fourth-order valence-electron chi connectivity index (χ4n) is 1.87. The molecule has 0 unspecified atom stereocenters. The van der Waals surface area contributed by atoms with E-state index in [-0.39, 0.29) is 11.4 Å². The number of carboxylic acid groups (broad SMARTS) is 1. The van der Waals surface area contributed by atoms with E-state index in [1.165, 1.54) is 19.1 Å². The Bertz CT molecular complexity index is 683. The molecule has 1 atom stereocenters. The Morgan fingerprint density at radius 2 is 2.04 bits per heavy atom. The first-order valence-electron chi connectivity index (χ1n) is 6.89. The molecular formula is C15H15N2O6-. The average Bonchev–Trinajstić information content (AvgIpc) is 2.79. The van der Waals surface area contributed by atoms with E-state index in [1.54, 1.807) is 19.1 Å². The van der Waals surface area contributed by atoms with E-state index in [1.807, 2.05) is 0 Å². The number of carbonyl (C=O) groups excluding carboxylic acids is 3. The molecule has 1 aliphatic heterocycles. The second kappa shape index (κ2) is 6.82. The minimum atomic E-state index is -1.34. The van der Waals surface area contributed by atoms with Crippen LogP contribution in [0.25, 0.3) is 6.08 Å². The molecule has 8 heteroatoms. The molecule has 1 fully saturated rings. The van der Waals surface area contributed by atoms with Crippen molar-refractivity contribution in [3.05, 3.63) is 29.5 Å². The van der Waals surface area contributed by atoms with E-state index in [9.17, 15) is 19.5 Å². The fourth-order valence-corrected chi connectivity index (χ4v) is 1.87. The predicted molar refractivity (Wildman–Crippen MR) is 77.4 cm³/mol. The molecule has 1 aromatic rings. The fraction of sp³-hybridized carbons (Fsp3) is 0.267. The zero-order chi connectivity index (χ0) is 17.0. The van der Waals surface area contributed by atoms with E-state index in [0.717, 1.165) is 0 Å². The van der Waals surface area contributed by atoms with E-state index in [2.05, 4.69) is 10.6 Å². The quantitative estimate of drug-likeness (QED) is 0.553. The summed E-state index contributed by atoms with van der Waals surface area (Å²) in [6.45, 7) is 3.45. The third kappa shape index (κ3) is 4.00. The summed E-state index contributed by atoms with van der Waals surface area (Å²) >= 11 is 0. The van der Waals surface area contributed by atoms with Crippen LogP contribution in [0.4, 0.5) is 4.79 Å². The molecule has 0 aliphatic carbocycles. The molecule has 0 saturated carbocycles. The van der Waals surface area contributed by atoms with Crippen LogP contribution >= 0.6 is 0 Å². The maximum absolute atomic E-state index is 11.5. The molecule has 1 aromatic carbocycles. The lowest BCUT2D eigenvalue weighted by molar-refractivity contribution is -0.312. The van der Waals surface area contributed by atoms with Crippen molar-refractivity contribution in [2.45, 2.75) is 20.0 Å². The molecule has 1 aliphatic rings. The highest BCUT2D eigenvalue weighted by Gasteiger charge is 2.23. The minimum Gasteiger partial charge on any atom is -0.546 e. The maximum Gasteiger partial charge on any atom is 0.326 e. The number of carboxylic acids is 1. The van der Waals surface area contributed by atoms with Gasteiger partial charge in [0.1, 0.15) is 11.8 Å². The van der Waals surface area contributed by atoms with Crippen molar-refractivity contribution in [2.24, 2.45) is 0 Å². The smallest absolute Gasteiger partial charge is 0.326 e. The van der Waals surface area contributed by atoms with Crippen molar-refractivity contribution in [1.29, 1.82) is 0 Å². The number of aliphatic carboxylic acids is 1. The summed E-state index contributed by atoms with van der Waals surface area (Å²) in [4.78, 5) is 33.3. The van der Waals surface area contributed by atoms with Gasteiger partial charge in [0.2, 0.25) is 0 Å². The van der Waals surface area contributed by atoms with Gasteiger partial charge in [0.15, 0.2) is 11.5 Å². The van der Waals surface area contributed by atoms with Gasteiger partial charge < -0.3 is 24.7 Å². The number of urea groups is 1. The summed E-state index contributed by atoms with van der Waals surface area (Å²) in [5.74, 6) is -1.31. The topological polar surface area (TPSA) is 117 Å². The molecule has 0 bridgehead atoms. The molecule has 1 heterocycles. The van der Waals surface area contributed by atoms with Gasteiger partial charge in [-0.2, -0.15) is 0 Å². The van der Waals surface area contributed by atoms with Crippen molar-refractivity contribution in [3.8, 4) is 11.5 Å². The molecule has 8 nitrogen and oxygen atoms in total. The average molecular weight is 319 g/mol. The summed E-state index contributed by atoms with van der Waals surface area (Å²) in [5, 5.41) is 15.2. The number of rotatable bonds is 6. The lowest BCUT2D eigenvalue weighted by Crippen LogP contribution is -2.37. The van der Waals surface area contributed by atoms with Crippen LogP contribution in [0.2, 0.25) is 0 Å². The van der Waals surface area contributed by atoms with Crippen LogP contribution < -0.4 is 25.2 Å². The standard InChI is InChI=1S/C15H16N2O6/c1-3-22-12-7-9(6-10-13(18)17-15(21)16-10)4-5-11(12)23-8(2)14(19)20/h4-8H,3H2,1-2H3,(H,19,20)(H2,16,17,18,21)/p-1/b10-6-/t8-/m1/s1. The second-order valence-corrected chi connectivity index (χ2v) is 4.68. The number of amides is 3. The third-order valence-electron chi connectivity index (χ3n) is 2.93. The molecule has 0 aromatic heterocycles. The van der Waals surface area contributed by atoms with Crippen molar-refractivity contribution >= 4 is 24.0 Å². The third-order valence-corrected chi connectivity index (χ3v) is 2.93. The molecule has 23 heavy (non-hydrogen) atoms. The Kier molecular flexibility index (Phi) is 4.85. The monoisotopic (exact) mass is 319 g/mol. The first kappa shape index (κ1) is 16.3. The highest BCUT2D eigenvalue weighted by molar-refractivity contribution is 6.14. The van der Waals surface area contributed by atoms with Crippen molar-refractivity contribution < 1.29 is 29.0 Å². The lowest BCUT2D eigenvalue weighted by atomic mass is 10.1. The van der Waals surface area contributed by atoms with Crippen molar-refractivity contribution in [3.63, 3.8) is 0 Å². The number of hydrogen-bond donors (Lipinski definition) is 2. The first-order valence-corrected chi connectivity index (χ1v) is 6.89. The predicted octanol–water partition coefficient (Wildman–Crippen LogP) is -0.217. The van der Waals surface area contributed by atoms with Crippen LogP contribution in [0.5, 0.6) is 11.5 Å². The highest BCUT2D eigenvalue weighted by Crippen LogP contribution is 2.30. The van der Waals surface area contributed by atoms with E-state index in [0.29, 0.717) is 17.9 Å². The zero-order valence-corrected chi connectivity index (χ0v) is 12.5. The van der Waals surface area contributed by atoms with Crippen LogP contribution in [0.3, 0.4) is 0 Å². The highest BCUT2D eigenvalue weighted by atomic mass is 16.5. The van der Waals surface area contributed by atoms with Gasteiger partial charge in [-0.05, 0) is 37.6 Å². The summed E-state index contributed by atoms with van der Waals surface area (Å²) in [6, 6.07) is 4.11. The number of ether oxygens (including phenoxy) is 2. The van der Waals surface area contributed by atoms with Crippen LogP contribution in [0.1, 0.15) is 19.4 Å². The Hall–Kier alpha value is -3.03. The minimum absolute atomic E-state index is 0.106. The Morgan fingerprint density at radius 1 is 1.30 bits per heavy atom. The summed E-state index contributed by atoms with van der Waals surface area (Å²) in [6.07, 6.45) is 0.327. The van der Waals surface area contributed by atoms with Crippen LogP contribution in [0, 0.1) is 0 Å². The van der Waals surface area contributed by atoms with Gasteiger partial charge in [-0.15, -0.1) is 0 Å². The second-order valence-electron chi connectivity index (χ2n) is 4.68. The summed E-state index contributed by atoms with van der Waals surface area (Å²) < 4.78 is 10.7. The molecule has 2 rings (SSSR count). The molecule has 3 amide bonds. The van der Waals surface area contributed by atoms with Crippen LogP contribution in [-0.2, 0) is 9.59 Å². The molecule has 122 valence electrons. The molecule has 1 saturated heterocycles. The lowest BCUT2D eigenvalue weighted by Gasteiger charge is -2.18. The van der Waals surface area contributed by atoms with Gasteiger partial charge in [0.05, 0.1) is 12.6 Å². The maximum atomic E-state index is 11.5. The molecular weight excluding hydrogens is 304 g/mol. The summed E-state index contributed by atoms with van der Waals surface area (Å²) in [5.41, 5.74) is 0.684. The van der Waals surface area contributed by atoms with E-state index >= 15 is 0 Å². The molecule has 0 spiro atoms. The van der Waals surface area contributed by atoms with Gasteiger partial charge in [-0.1, -0.05) is 6.07 Å². The Labute approximate surface area is 132 Å². The van der Waals surface area contributed by atoms with Crippen LogP contribution in [-0.4, -0.2) is 30.6 Å². The largest absolute Gasteiger partial charge is 0.546 e. The zero-order valence-electron chi connectivity index (χ0n) is 12.5. The molecule has 2 N–H and O–H groups in total. The normalized spacial score (nSPS) is 16.7. The summed E-state index contributed by atoms with van der Waals surface area (Å²) in [7, 11) is 0. The number of benzene rings is 1. The van der Waals surface area contributed by atoms with Crippen LogP contribution in [0.15, 0.2) is 23.9 Å². The van der Waals surface area contributed by atoms with Crippen molar-refractivity contribution in [2.75, 3.05) is 6.61 Å². The van der Waals surface area contributed by atoms with E-state index < -0.39 is 24.0 Å². The first-order chi connectivity index (χ1) is 10.9. The van der Waals surface area contributed by atoms with Gasteiger partial charge in [0.25, 0.3) is 5.91 Å². The van der Waals surface area contributed by atoms with Gasteiger partial charge in [-0.3, -0.25) is 10.1 Å². The number of carbonyl (C=O) groups is 3. The van der Waals surface area contributed by atoms with Crippen molar-refractivity contribution in [1.82, 2.24) is 10.6 Å². The van der Waals surface area contributed by atoms with Gasteiger partial charge in [0, 0.05) is 0 Å². The molecule has 0 radical (unpaired) electrons. The van der Waals surface area contributed by atoms with Gasteiger partial charge in [-0.25, -0.2) is 4.79 Å². The number of imide groups is 1. The Balaban J connectivity index is 2.28. The Morgan fingerprint density at radius 3 is 2.61 bits per heavy atom. The van der Waals surface area contributed by atoms with Gasteiger partial charge >= 0.3 is 6.03 Å². The number of nitrogens with one attached hydrogen (secondary N) is 2. The van der Waals surface area contributed by atoms with E-state index in [4.69, 9.17) is 9.47 Å².